The quantitative estimate of drug-likeness (QED) is 0.511. The van der Waals surface area contributed by atoms with Gasteiger partial charge in [-0.05, 0) is 11.1 Å². The highest BCUT2D eigenvalue weighted by atomic mass is 32.1. The molecule has 0 radical (unpaired) electrons. The van der Waals surface area contributed by atoms with E-state index in [-0.39, 0.29) is 0 Å². The molecular weight excluding hydrogens is 415 g/mol. The van der Waals surface area contributed by atoms with Crippen LogP contribution in [0.4, 0.5) is 13.2 Å². The molecule has 0 aliphatic carbocycles. The maximum Gasteiger partial charge on any atom is 0.434 e. The lowest BCUT2D eigenvalue weighted by Crippen LogP contribution is -2.38. The van der Waals surface area contributed by atoms with Gasteiger partial charge in [-0.15, -0.1) is 11.3 Å². The molecule has 1 aliphatic rings. The molecule has 0 saturated carbocycles. The lowest BCUT2D eigenvalue weighted by atomic mass is 10.1. The van der Waals surface area contributed by atoms with E-state index in [1.807, 2.05) is 6.07 Å². The van der Waals surface area contributed by atoms with E-state index < -0.39 is 11.9 Å². The number of aromatic nitrogens is 1. The summed E-state index contributed by atoms with van der Waals surface area (Å²) in [7, 11) is 1.66. The first-order chi connectivity index (χ1) is 14.4. The number of ether oxygens (including phenoxy) is 1. The summed E-state index contributed by atoms with van der Waals surface area (Å²) in [6.07, 6.45) is -3.99. The fourth-order valence-electron chi connectivity index (χ4n) is 3.11. The average Bonchev–Trinajstić information content (AvgIpc) is 3.21. The molecule has 1 saturated heterocycles. The van der Waals surface area contributed by atoms with E-state index in [1.54, 1.807) is 7.05 Å². The van der Waals surface area contributed by atoms with Crippen LogP contribution in [0.25, 0.3) is 0 Å². The number of alkyl halides is 3. The molecule has 0 unspecified atom stereocenters. The SMILES string of the molecule is CN=C(NCCc1nc(C(F)(F)F)cs1)NCc1cccc(CN2CCOCC2)c1. The molecule has 0 bridgehead atoms. The molecule has 2 aromatic rings. The Balaban J connectivity index is 1.43. The first-order valence-corrected chi connectivity index (χ1v) is 10.7. The zero-order chi connectivity index (χ0) is 21.4. The van der Waals surface area contributed by atoms with Crippen LogP contribution in [-0.4, -0.2) is 55.7 Å². The minimum atomic E-state index is -4.39. The summed E-state index contributed by atoms with van der Waals surface area (Å²) < 4.78 is 43.2. The topological polar surface area (TPSA) is 61.8 Å². The molecule has 3 rings (SSSR count). The van der Waals surface area contributed by atoms with Crippen LogP contribution in [0, 0.1) is 0 Å². The van der Waals surface area contributed by atoms with Gasteiger partial charge in [0.2, 0.25) is 0 Å². The summed E-state index contributed by atoms with van der Waals surface area (Å²) in [5.41, 5.74) is 1.56. The van der Waals surface area contributed by atoms with Gasteiger partial charge in [-0.25, -0.2) is 4.98 Å². The van der Waals surface area contributed by atoms with Gasteiger partial charge in [-0.1, -0.05) is 24.3 Å². The van der Waals surface area contributed by atoms with E-state index in [0.717, 1.165) is 55.1 Å². The maximum absolute atomic E-state index is 12.6. The third-order valence-corrected chi connectivity index (χ3v) is 5.57. The van der Waals surface area contributed by atoms with E-state index in [4.69, 9.17) is 4.74 Å². The Morgan fingerprint density at radius 3 is 2.70 bits per heavy atom. The summed E-state index contributed by atoms with van der Waals surface area (Å²) in [4.78, 5) is 10.2. The fourth-order valence-corrected chi connectivity index (χ4v) is 3.91. The third-order valence-electron chi connectivity index (χ3n) is 4.66. The summed E-state index contributed by atoms with van der Waals surface area (Å²) in [5, 5.41) is 7.85. The highest BCUT2D eigenvalue weighted by Crippen LogP contribution is 2.30. The van der Waals surface area contributed by atoms with Crippen LogP contribution in [0.15, 0.2) is 34.6 Å². The van der Waals surface area contributed by atoms with Gasteiger partial charge >= 0.3 is 6.18 Å². The molecule has 0 spiro atoms. The Morgan fingerprint density at radius 2 is 2.00 bits per heavy atom. The Labute approximate surface area is 178 Å². The first kappa shape index (κ1) is 22.5. The number of benzene rings is 1. The van der Waals surface area contributed by atoms with Crippen molar-refractivity contribution in [3.05, 3.63) is 51.5 Å². The number of hydrogen-bond donors (Lipinski definition) is 2. The largest absolute Gasteiger partial charge is 0.434 e. The van der Waals surface area contributed by atoms with Gasteiger partial charge in [0.25, 0.3) is 0 Å². The standard InChI is InChI=1S/C20H26F3N5OS/c1-24-19(25-6-5-18-27-17(14-30-18)20(21,22)23)26-12-15-3-2-4-16(11-15)13-28-7-9-29-10-8-28/h2-4,11,14H,5-10,12-13H2,1H3,(H2,24,25,26). The zero-order valence-corrected chi connectivity index (χ0v) is 17.7. The minimum Gasteiger partial charge on any atom is -0.379 e. The molecule has 1 fully saturated rings. The number of thiazole rings is 1. The highest BCUT2D eigenvalue weighted by molar-refractivity contribution is 7.09. The molecular formula is C20H26F3N5OS. The highest BCUT2D eigenvalue weighted by Gasteiger charge is 2.33. The molecule has 0 atom stereocenters. The van der Waals surface area contributed by atoms with Crippen molar-refractivity contribution in [1.29, 1.82) is 0 Å². The van der Waals surface area contributed by atoms with Crippen molar-refractivity contribution >= 4 is 17.3 Å². The van der Waals surface area contributed by atoms with Crippen LogP contribution in [0.1, 0.15) is 21.8 Å². The molecule has 30 heavy (non-hydrogen) atoms. The molecule has 1 aliphatic heterocycles. The smallest absolute Gasteiger partial charge is 0.379 e. The summed E-state index contributed by atoms with van der Waals surface area (Å²) in [6, 6.07) is 8.39. The summed E-state index contributed by atoms with van der Waals surface area (Å²) >= 11 is 1.02. The van der Waals surface area contributed by atoms with Gasteiger partial charge in [0.05, 0.1) is 18.2 Å². The van der Waals surface area contributed by atoms with Crippen molar-refractivity contribution in [2.75, 3.05) is 39.9 Å². The van der Waals surface area contributed by atoms with Gasteiger partial charge in [-0.2, -0.15) is 13.2 Å². The lowest BCUT2D eigenvalue weighted by Gasteiger charge is -2.26. The number of rotatable bonds is 7. The van der Waals surface area contributed by atoms with Crippen LogP contribution >= 0.6 is 11.3 Å². The molecule has 1 aromatic carbocycles. The molecule has 2 heterocycles. The molecule has 1 aromatic heterocycles. The second kappa shape index (κ2) is 10.7. The normalized spacial score (nSPS) is 15.9. The predicted molar refractivity (Wildman–Crippen MR) is 112 cm³/mol. The van der Waals surface area contributed by atoms with Crippen LogP contribution in [0.2, 0.25) is 0 Å². The average molecular weight is 442 g/mol. The third kappa shape index (κ3) is 6.96. The van der Waals surface area contributed by atoms with E-state index in [9.17, 15) is 13.2 Å². The van der Waals surface area contributed by atoms with Crippen molar-refractivity contribution in [3.63, 3.8) is 0 Å². The molecule has 2 N–H and O–H groups in total. The van der Waals surface area contributed by atoms with Gasteiger partial charge in [0.15, 0.2) is 11.7 Å². The van der Waals surface area contributed by atoms with Gasteiger partial charge in [0, 0.05) is 51.6 Å². The van der Waals surface area contributed by atoms with Crippen LogP contribution in [0.5, 0.6) is 0 Å². The second-order valence-electron chi connectivity index (χ2n) is 6.94. The summed E-state index contributed by atoms with van der Waals surface area (Å²) in [5.74, 6) is 0.598. The number of morpholine rings is 1. The van der Waals surface area contributed by atoms with Gasteiger partial charge in [0.1, 0.15) is 0 Å². The number of halogens is 3. The minimum absolute atomic E-state index is 0.399. The number of nitrogens with zero attached hydrogens (tertiary/aromatic N) is 3. The zero-order valence-electron chi connectivity index (χ0n) is 16.8. The number of nitrogens with one attached hydrogen (secondary N) is 2. The summed E-state index contributed by atoms with van der Waals surface area (Å²) in [6.45, 7) is 5.40. The predicted octanol–water partition coefficient (Wildman–Crippen LogP) is 2.90. The molecule has 164 valence electrons. The Hall–Kier alpha value is -2.17. The van der Waals surface area contributed by atoms with Gasteiger partial charge in [-0.3, -0.25) is 9.89 Å². The van der Waals surface area contributed by atoms with Gasteiger partial charge < -0.3 is 15.4 Å². The van der Waals surface area contributed by atoms with Crippen LogP contribution < -0.4 is 10.6 Å². The number of hydrogen-bond acceptors (Lipinski definition) is 5. The lowest BCUT2D eigenvalue weighted by molar-refractivity contribution is -0.140. The maximum atomic E-state index is 12.6. The Morgan fingerprint density at radius 1 is 1.23 bits per heavy atom. The van der Waals surface area contributed by atoms with Crippen molar-refractivity contribution in [1.82, 2.24) is 20.5 Å². The van der Waals surface area contributed by atoms with Crippen LogP contribution in [0.3, 0.4) is 0 Å². The Bertz CT molecular complexity index is 834. The van der Waals surface area contributed by atoms with Crippen molar-refractivity contribution < 1.29 is 17.9 Å². The van der Waals surface area contributed by atoms with E-state index >= 15 is 0 Å². The second-order valence-corrected chi connectivity index (χ2v) is 7.88. The van der Waals surface area contributed by atoms with Crippen LogP contribution in [-0.2, 0) is 30.4 Å². The first-order valence-electron chi connectivity index (χ1n) is 9.78. The number of aliphatic imine (C=N–C) groups is 1. The van der Waals surface area contributed by atoms with Crippen molar-refractivity contribution in [3.8, 4) is 0 Å². The van der Waals surface area contributed by atoms with Crippen molar-refractivity contribution in [2.45, 2.75) is 25.7 Å². The van der Waals surface area contributed by atoms with Crippen molar-refractivity contribution in [2.24, 2.45) is 4.99 Å². The van der Waals surface area contributed by atoms with E-state index in [0.29, 0.717) is 30.5 Å². The monoisotopic (exact) mass is 441 g/mol. The Kier molecular flexibility index (Phi) is 8.06. The van der Waals surface area contributed by atoms with E-state index in [1.165, 1.54) is 5.56 Å². The molecule has 6 nitrogen and oxygen atoms in total. The molecule has 0 amide bonds. The molecule has 10 heteroatoms. The number of guanidine groups is 1. The fraction of sp³-hybridized carbons (Fsp3) is 0.500. The van der Waals surface area contributed by atoms with E-state index in [2.05, 4.69) is 43.7 Å².